The molecule has 4 nitrogen and oxygen atoms in total. The van der Waals surface area contributed by atoms with Crippen LogP contribution in [0.15, 0.2) is 0 Å². The number of carboxylic acid groups (broad SMARTS) is 1. The fourth-order valence-corrected chi connectivity index (χ4v) is 1.19. The minimum atomic E-state index is -0.977. The second-order valence-electron chi connectivity index (χ2n) is 2.95. The van der Waals surface area contributed by atoms with Crippen LogP contribution in [0, 0.1) is 0 Å². The zero-order chi connectivity index (χ0) is 8.27. The number of rotatable bonds is 2. The standard InChI is InChI=1S/C7H14N2O2.Cs/c1-8-2-4-9(5-3-8)6-7(10)11;/h2-6H2,1H3,(H,10,11);/q;+1/p-1. The molecule has 1 heterocycles. The van der Waals surface area contributed by atoms with Gasteiger partial charge in [0.1, 0.15) is 0 Å². The average Bonchev–Trinajstić information content (AvgIpc) is 1.93. The molecule has 0 N–H and O–H groups in total. The molecule has 1 rings (SSSR count). The molecule has 64 valence electrons. The average molecular weight is 290 g/mol. The van der Waals surface area contributed by atoms with E-state index in [1.165, 1.54) is 0 Å². The number of piperazine rings is 1. The minimum absolute atomic E-state index is 0. The largest absolute Gasteiger partial charge is 1.00 e. The molecule has 0 aromatic rings. The molecule has 0 aromatic heterocycles. The first-order valence-electron chi connectivity index (χ1n) is 3.79. The molecule has 0 aromatic carbocycles. The first-order chi connectivity index (χ1) is 5.18. The topological polar surface area (TPSA) is 46.6 Å². The molecule has 0 amide bonds. The zero-order valence-electron chi connectivity index (χ0n) is 7.75. The van der Waals surface area contributed by atoms with Crippen molar-refractivity contribution in [3.8, 4) is 0 Å². The molecule has 1 saturated heterocycles. The fraction of sp³-hybridized carbons (Fsp3) is 0.857. The van der Waals surface area contributed by atoms with Crippen molar-refractivity contribution in [1.82, 2.24) is 9.80 Å². The summed E-state index contributed by atoms with van der Waals surface area (Å²) in [4.78, 5) is 14.3. The number of nitrogens with zero attached hydrogens (tertiary/aromatic N) is 2. The Morgan fingerprint density at radius 1 is 1.33 bits per heavy atom. The molecule has 0 atom stereocenters. The van der Waals surface area contributed by atoms with Gasteiger partial charge in [0, 0.05) is 32.7 Å². The normalized spacial score (nSPS) is 20.1. The number of carbonyl (C=O) groups is 1. The van der Waals surface area contributed by atoms with Gasteiger partial charge in [-0.2, -0.15) is 0 Å². The molecule has 0 unspecified atom stereocenters. The summed E-state index contributed by atoms with van der Waals surface area (Å²) in [7, 11) is 2.04. The molecule has 5 heteroatoms. The predicted molar refractivity (Wildman–Crippen MR) is 38.9 cm³/mol. The first kappa shape index (κ1) is 13.4. The summed E-state index contributed by atoms with van der Waals surface area (Å²) in [5, 5.41) is 10.2. The third kappa shape index (κ3) is 5.23. The third-order valence-corrected chi connectivity index (χ3v) is 1.95. The van der Waals surface area contributed by atoms with Gasteiger partial charge in [-0.15, -0.1) is 0 Å². The van der Waals surface area contributed by atoms with Gasteiger partial charge in [-0.1, -0.05) is 0 Å². The molecule has 1 aliphatic rings. The molecule has 0 saturated carbocycles. The van der Waals surface area contributed by atoms with E-state index in [1.54, 1.807) is 0 Å². The predicted octanol–water partition coefficient (Wildman–Crippen LogP) is -5.01. The van der Waals surface area contributed by atoms with E-state index < -0.39 is 5.97 Å². The van der Waals surface area contributed by atoms with Gasteiger partial charge in [-0.05, 0) is 7.05 Å². The Hall–Kier alpha value is 1.44. The summed E-state index contributed by atoms with van der Waals surface area (Å²) in [6.45, 7) is 3.66. The summed E-state index contributed by atoms with van der Waals surface area (Å²) in [6.07, 6.45) is 0. The van der Waals surface area contributed by atoms with E-state index in [1.807, 2.05) is 11.9 Å². The molecule has 1 fully saturated rings. The summed E-state index contributed by atoms with van der Waals surface area (Å²) in [5.74, 6) is -0.977. The second kappa shape index (κ2) is 6.83. The number of carboxylic acids is 1. The van der Waals surface area contributed by atoms with Gasteiger partial charge >= 0.3 is 68.9 Å². The van der Waals surface area contributed by atoms with E-state index in [-0.39, 0.29) is 75.4 Å². The minimum Gasteiger partial charge on any atom is -0.549 e. The summed E-state index contributed by atoms with van der Waals surface area (Å²) >= 11 is 0. The van der Waals surface area contributed by atoms with Crippen molar-refractivity contribution in [2.75, 3.05) is 39.8 Å². The third-order valence-electron chi connectivity index (χ3n) is 1.95. The Balaban J connectivity index is 0.00000121. The van der Waals surface area contributed by atoms with Crippen molar-refractivity contribution in [3.05, 3.63) is 0 Å². The summed E-state index contributed by atoms with van der Waals surface area (Å²) < 4.78 is 0. The van der Waals surface area contributed by atoms with Crippen LogP contribution >= 0.6 is 0 Å². The molecule has 1 aliphatic heterocycles. The van der Waals surface area contributed by atoms with Crippen LogP contribution in [-0.2, 0) is 4.79 Å². The summed E-state index contributed by atoms with van der Waals surface area (Å²) in [6, 6.07) is 0. The Labute approximate surface area is 132 Å². The van der Waals surface area contributed by atoms with Crippen molar-refractivity contribution in [1.29, 1.82) is 0 Å². The van der Waals surface area contributed by atoms with E-state index in [0.717, 1.165) is 26.2 Å². The SMILES string of the molecule is CN1CCN(CC(=O)[O-])CC1.[Cs+]. The van der Waals surface area contributed by atoms with Crippen molar-refractivity contribution in [3.63, 3.8) is 0 Å². The van der Waals surface area contributed by atoms with Crippen molar-refractivity contribution >= 4 is 5.97 Å². The molecular formula is C7H13CsN2O2. The van der Waals surface area contributed by atoms with Crippen molar-refractivity contribution in [2.45, 2.75) is 0 Å². The van der Waals surface area contributed by atoms with Crippen molar-refractivity contribution < 1.29 is 78.8 Å². The van der Waals surface area contributed by atoms with E-state index in [9.17, 15) is 9.90 Å². The fourth-order valence-electron chi connectivity index (χ4n) is 1.19. The number of carbonyl (C=O) groups excluding carboxylic acids is 1. The van der Waals surface area contributed by atoms with E-state index >= 15 is 0 Å². The maximum Gasteiger partial charge on any atom is 1.00 e. The van der Waals surface area contributed by atoms with Gasteiger partial charge in [0.25, 0.3) is 0 Å². The number of aliphatic carboxylic acids is 1. The van der Waals surface area contributed by atoms with E-state index in [4.69, 9.17) is 0 Å². The Morgan fingerprint density at radius 2 is 1.83 bits per heavy atom. The zero-order valence-corrected chi connectivity index (χ0v) is 14.0. The maximum atomic E-state index is 10.2. The first-order valence-corrected chi connectivity index (χ1v) is 3.79. The van der Waals surface area contributed by atoms with Crippen LogP contribution in [0.4, 0.5) is 0 Å². The van der Waals surface area contributed by atoms with Gasteiger partial charge in [0.05, 0.1) is 5.97 Å². The van der Waals surface area contributed by atoms with Gasteiger partial charge in [0.15, 0.2) is 0 Å². The number of likely N-dealkylation sites (N-methyl/N-ethyl adjacent to an activating group) is 1. The van der Waals surface area contributed by atoms with Gasteiger partial charge < -0.3 is 14.8 Å². The second-order valence-corrected chi connectivity index (χ2v) is 2.95. The number of hydrogen-bond donors (Lipinski definition) is 0. The van der Waals surface area contributed by atoms with Crippen LogP contribution in [0.2, 0.25) is 0 Å². The van der Waals surface area contributed by atoms with Crippen molar-refractivity contribution in [2.24, 2.45) is 0 Å². The summed E-state index contributed by atoms with van der Waals surface area (Å²) in [5.41, 5.74) is 0. The quantitative estimate of drug-likeness (QED) is 0.511. The van der Waals surface area contributed by atoms with Gasteiger partial charge in [0.2, 0.25) is 0 Å². The van der Waals surface area contributed by atoms with Crippen LogP contribution in [0.1, 0.15) is 0 Å². The van der Waals surface area contributed by atoms with Crippen LogP contribution in [0.5, 0.6) is 0 Å². The maximum absolute atomic E-state index is 10.2. The molecule has 0 aliphatic carbocycles. The Kier molecular flexibility index (Phi) is 7.65. The van der Waals surface area contributed by atoms with E-state index in [2.05, 4.69) is 4.90 Å². The monoisotopic (exact) mass is 290 g/mol. The van der Waals surface area contributed by atoms with Gasteiger partial charge in [-0.25, -0.2) is 0 Å². The smallest absolute Gasteiger partial charge is 0.549 e. The molecule has 0 spiro atoms. The number of hydrogen-bond acceptors (Lipinski definition) is 4. The molecule has 12 heavy (non-hydrogen) atoms. The molecule has 0 radical (unpaired) electrons. The van der Waals surface area contributed by atoms with E-state index in [0.29, 0.717) is 0 Å². The van der Waals surface area contributed by atoms with Crippen LogP contribution in [0.25, 0.3) is 0 Å². The van der Waals surface area contributed by atoms with Crippen LogP contribution < -0.4 is 74.0 Å². The van der Waals surface area contributed by atoms with Crippen LogP contribution in [0.3, 0.4) is 0 Å². The molecule has 0 bridgehead atoms. The Morgan fingerprint density at radius 3 is 2.25 bits per heavy atom. The van der Waals surface area contributed by atoms with Gasteiger partial charge in [-0.3, -0.25) is 4.90 Å². The Bertz CT molecular complexity index is 146. The van der Waals surface area contributed by atoms with Crippen LogP contribution in [-0.4, -0.2) is 55.5 Å². The molecular weight excluding hydrogens is 277 g/mol.